The number of rotatable bonds is 10. The Morgan fingerprint density at radius 2 is 2.00 bits per heavy atom. The zero-order valence-electron chi connectivity index (χ0n) is 15.3. The number of anilines is 1. The molecule has 0 spiro atoms. The normalized spacial score (nSPS) is 10.9. The van der Waals surface area contributed by atoms with Crippen LogP contribution in [0.15, 0.2) is 23.2 Å². The Balaban J connectivity index is 0.00000529. The van der Waals surface area contributed by atoms with Gasteiger partial charge in [-0.3, -0.25) is 0 Å². The lowest BCUT2D eigenvalue weighted by atomic mass is 10.3. The summed E-state index contributed by atoms with van der Waals surface area (Å²) in [6.45, 7) is 8.00. The van der Waals surface area contributed by atoms with Gasteiger partial charge in [0, 0.05) is 40.4 Å². The topological polar surface area (TPSA) is 61.8 Å². The van der Waals surface area contributed by atoms with Crippen LogP contribution in [0.2, 0.25) is 0 Å². The van der Waals surface area contributed by atoms with Crippen molar-refractivity contribution in [2.45, 2.75) is 33.2 Å². The molecule has 24 heavy (non-hydrogen) atoms. The largest absolute Gasteiger partial charge is 0.382 e. The van der Waals surface area contributed by atoms with E-state index < -0.39 is 0 Å². The lowest BCUT2D eigenvalue weighted by Gasteiger charge is -2.13. The molecule has 0 aliphatic heterocycles. The van der Waals surface area contributed by atoms with Crippen LogP contribution in [-0.4, -0.2) is 51.3 Å². The van der Waals surface area contributed by atoms with E-state index in [2.05, 4.69) is 27.5 Å². The zero-order valence-corrected chi connectivity index (χ0v) is 17.7. The molecule has 0 amide bonds. The molecule has 138 valence electrons. The van der Waals surface area contributed by atoms with Crippen LogP contribution in [0.1, 0.15) is 32.4 Å². The van der Waals surface area contributed by atoms with E-state index in [0.29, 0.717) is 6.54 Å². The fraction of sp³-hybridized carbons (Fsp3) is 0.647. The van der Waals surface area contributed by atoms with Gasteiger partial charge in [-0.05, 0) is 38.8 Å². The monoisotopic (exact) mass is 449 g/mol. The highest BCUT2D eigenvalue weighted by molar-refractivity contribution is 14.0. The summed E-state index contributed by atoms with van der Waals surface area (Å²) in [5.41, 5.74) is 0.963. The first kappa shape index (κ1) is 22.9. The van der Waals surface area contributed by atoms with Crippen LogP contribution in [0.3, 0.4) is 0 Å². The lowest BCUT2D eigenvalue weighted by Crippen LogP contribution is -2.37. The van der Waals surface area contributed by atoms with Crippen molar-refractivity contribution >= 4 is 35.8 Å². The molecule has 0 radical (unpaired) electrons. The predicted octanol–water partition coefficient (Wildman–Crippen LogP) is 2.64. The van der Waals surface area contributed by atoms with Crippen molar-refractivity contribution < 1.29 is 4.74 Å². The van der Waals surface area contributed by atoms with Gasteiger partial charge in [0.2, 0.25) is 0 Å². The van der Waals surface area contributed by atoms with Gasteiger partial charge >= 0.3 is 0 Å². The van der Waals surface area contributed by atoms with Gasteiger partial charge in [-0.1, -0.05) is 6.07 Å². The van der Waals surface area contributed by atoms with E-state index in [1.54, 1.807) is 0 Å². The average molecular weight is 449 g/mol. The Bertz CT molecular complexity index is 468. The molecule has 0 saturated carbocycles. The Morgan fingerprint density at radius 1 is 1.21 bits per heavy atom. The second kappa shape index (κ2) is 14.3. The number of nitrogens with one attached hydrogen (secondary N) is 2. The highest BCUT2D eigenvalue weighted by Crippen LogP contribution is 2.08. The molecule has 1 aromatic rings. The number of aromatic nitrogens is 1. The van der Waals surface area contributed by atoms with E-state index in [1.165, 1.54) is 0 Å². The van der Waals surface area contributed by atoms with E-state index >= 15 is 0 Å². The molecular formula is C17H32IN5O. The van der Waals surface area contributed by atoms with Crippen molar-refractivity contribution in [1.29, 1.82) is 0 Å². The average Bonchev–Trinajstić information content (AvgIpc) is 2.56. The smallest absolute Gasteiger partial charge is 0.191 e. The molecule has 0 fully saturated rings. The minimum atomic E-state index is 0. The number of halogens is 1. The SMILES string of the molecule is CCNC(=NCc1cccc(N(C)C)n1)NCCCCOCC.I. The first-order valence-electron chi connectivity index (χ1n) is 8.40. The van der Waals surface area contributed by atoms with Gasteiger partial charge in [0.25, 0.3) is 0 Å². The Morgan fingerprint density at radius 3 is 2.67 bits per heavy atom. The highest BCUT2D eigenvalue weighted by Gasteiger charge is 2.01. The van der Waals surface area contributed by atoms with Gasteiger partial charge in [0.1, 0.15) is 5.82 Å². The van der Waals surface area contributed by atoms with Gasteiger partial charge < -0.3 is 20.3 Å². The third kappa shape index (κ3) is 9.92. The van der Waals surface area contributed by atoms with E-state index in [1.807, 2.05) is 44.1 Å². The molecule has 0 unspecified atom stereocenters. The summed E-state index contributed by atoms with van der Waals surface area (Å²) >= 11 is 0. The number of ether oxygens (including phenoxy) is 1. The van der Waals surface area contributed by atoms with E-state index in [9.17, 15) is 0 Å². The third-order valence-electron chi connectivity index (χ3n) is 3.21. The first-order valence-corrected chi connectivity index (χ1v) is 8.40. The molecule has 1 rings (SSSR count). The van der Waals surface area contributed by atoms with E-state index in [0.717, 1.165) is 56.6 Å². The van der Waals surface area contributed by atoms with Crippen molar-refractivity contribution in [2.75, 3.05) is 45.3 Å². The van der Waals surface area contributed by atoms with E-state index in [-0.39, 0.29) is 24.0 Å². The first-order chi connectivity index (χ1) is 11.2. The quantitative estimate of drug-likeness (QED) is 0.249. The van der Waals surface area contributed by atoms with Gasteiger partial charge in [-0.25, -0.2) is 9.98 Å². The molecule has 6 nitrogen and oxygen atoms in total. The Hall–Kier alpha value is -1.09. The molecule has 1 heterocycles. The maximum atomic E-state index is 5.34. The molecule has 0 aliphatic rings. The molecule has 2 N–H and O–H groups in total. The fourth-order valence-corrected chi connectivity index (χ4v) is 1.99. The van der Waals surface area contributed by atoms with Crippen molar-refractivity contribution in [1.82, 2.24) is 15.6 Å². The standard InChI is InChI=1S/C17H31N5O.HI/c1-5-18-17(19-12-7-8-13-23-6-2)20-14-15-10-9-11-16(21-15)22(3)4;/h9-11H,5-8,12-14H2,1-4H3,(H2,18,19,20);1H. The number of unbranched alkanes of at least 4 members (excludes halogenated alkanes) is 1. The van der Waals surface area contributed by atoms with Gasteiger partial charge in [-0.2, -0.15) is 0 Å². The van der Waals surface area contributed by atoms with Crippen LogP contribution in [0.25, 0.3) is 0 Å². The summed E-state index contributed by atoms with van der Waals surface area (Å²) in [4.78, 5) is 11.2. The van der Waals surface area contributed by atoms with Crippen LogP contribution in [0, 0.1) is 0 Å². The van der Waals surface area contributed by atoms with Crippen LogP contribution in [0.5, 0.6) is 0 Å². The Labute approximate surface area is 163 Å². The molecule has 0 aromatic carbocycles. The number of guanidine groups is 1. The van der Waals surface area contributed by atoms with Crippen molar-refractivity contribution in [3.05, 3.63) is 23.9 Å². The molecule has 7 heteroatoms. The summed E-state index contributed by atoms with van der Waals surface area (Å²) in [6.07, 6.45) is 2.13. The second-order valence-electron chi connectivity index (χ2n) is 5.41. The number of hydrogen-bond acceptors (Lipinski definition) is 4. The Kier molecular flexibility index (Phi) is 13.6. The maximum absolute atomic E-state index is 5.34. The number of hydrogen-bond donors (Lipinski definition) is 2. The van der Waals surface area contributed by atoms with Crippen LogP contribution < -0.4 is 15.5 Å². The van der Waals surface area contributed by atoms with Crippen LogP contribution >= 0.6 is 24.0 Å². The van der Waals surface area contributed by atoms with Gasteiger partial charge in [0.05, 0.1) is 12.2 Å². The van der Waals surface area contributed by atoms with Crippen molar-refractivity contribution in [3.8, 4) is 0 Å². The third-order valence-corrected chi connectivity index (χ3v) is 3.21. The minimum Gasteiger partial charge on any atom is -0.382 e. The second-order valence-corrected chi connectivity index (χ2v) is 5.41. The summed E-state index contributed by atoms with van der Waals surface area (Å²) < 4.78 is 5.34. The summed E-state index contributed by atoms with van der Waals surface area (Å²) in [5.74, 6) is 1.78. The molecule has 0 atom stereocenters. The number of pyridine rings is 1. The maximum Gasteiger partial charge on any atom is 0.191 e. The van der Waals surface area contributed by atoms with Crippen molar-refractivity contribution in [2.24, 2.45) is 4.99 Å². The molecule has 0 bridgehead atoms. The predicted molar refractivity (Wildman–Crippen MR) is 113 cm³/mol. The lowest BCUT2D eigenvalue weighted by molar-refractivity contribution is 0.143. The molecule has 1 aromatic heterocycles. The van der Waals surface area contributed by atoms with Crippen LogP contribution in [0.4, 0.5) is 5.82 Å². The molecule has 0 saturated heterocycles. The van der Waals surface area contributed by atoms with Crippen molar-refractivity contribution in [3.63, 3.8) is 0 Å². The van der Waals surface area contributed by atoms with Gasteiger partial charge in [0.15, 0.2) is 5.96 Å². The van der Waals surface area contributed by atoms with Crippen LogP contribution in [-0.2, 0) is 11.3 Å². The number of aliphatic imine (C=N–C) groups is 1. The van der Waals surface area contributed by atoms with E-state index in [4.69, 9.17) is 4.74 Å². The molecule has 0 aliphatic carbocycles. The fourth-order valence-electron chi connectivity index (χ4n) is 1.99. The summed E-state index contributed by atoms with van der Waals surface area (Å²) in [7, 11) is 3.98. The summed E-state index contributed by atoms with van der Waals surface area (Å²) in [5, 5.41) is 6.61. The minimum absolute atomic E-state index is 0. The zero-order chi connectivity index (χ0) is 16.9. The number of nitrogens with zero attached hydrogens (tertiary/aromatic N) is 3. The van der Waals surface area contributed by atoms with Gasteiger partial charge in [-0.15, -0.1) is 24.0 Å². The molecular weight excluding hydrogens is 417 g/mol. The summed E-state index contributed by atoms with van der Waals surface area (Å²) in [6, 6.07) is 6.01. The highest BCUT2D eigenvalue weighted by atomic mass is 127.